The van der Waals surface area contributed by atoms with E-state index < -0.39 is 34.8 Å². The minimum Gasteiger partial charge on any atom is -0.501 e. The Labute approximate surface area is 207 Å². The zero-order chi connectivity index (χ0) is 25.8. The van der Waals surface area contributed by atoms with Gasteiger partial charge in [0.15, 0.2) is 11.5 Å². The Balaban J connectivity index is 1.61. The number of Topliss-reactive ketones (excluding diaryl/α,β-unsaturated/α-hetero) is 1. The molecular weight excluding hydrogens is 467 g/mol. The van der Waals surface area contributed by atoms with E-state index in [0.717, 1.165) is 0 Å². The molecule has 9 nitrogen and oxygen atoms in total. The van der Waals surface area contributed by atoms with Crippen LogP contribution in [0, 0.1) is 5.82 Å². The maximum atomic E-state index is 13.1. The lowest BCUT2D eigenvalue weighted by atomic mass is 10.1. The van der Waals surface area contributed by atoms with Crippen LogP contribution in [0.3, 0.4) is 0 Å². The standard InChI is InChI=1S/C26H27FN4O5/c1-30-24(20-12-19(36-2)14-31(20)15-21(32)17-6-4-3-5-7-17)29-22(23(33)26(30)35)25(34)28-13-16-8-10-18(27)11-9-16/h3-11,19-20,33H,12-15H2,1-2H3,(H,28,34)/t19-,20+/m1/s1. The molecule has 2 aromatic carbocycles. The predicted molar refractivity (Wildman–Crippen MR) is 129 cm³/mol. The Kier molecular flexibility index (Phi) is 7.56. The molecule has 188 valence electrons. The molecule has 1 fully saturated rings. The van der Waals surface area contributed by atoms with E-state index in [4.69, 9.17) is 4.74 Å². The van der Waals surface area contributed by atoms with E-state index >= 15 is 0 Å². The molecule has 1 aromatic heterocycles. The lowest BCUT2D eigenvalue weighted by Crippen LogP contribution is -2.36. The molecule has 2 heterocycles. The van der Waals surface area contributed by atoms with Gasteiger partial charge in [-0.15, -0.1) is 0 Å². The first-order valence-electron chi connectivity index (χ1n) is 11.5. The first kappa shape index (κ1) is 25.2. The number of carbonyl (C=O) groups excluding carboxylic acids is 2. The molecule has 0 aliphatic carbocycles. The summed E-state index contributed by atoms with van der Waals surface area (Å²) in [6.45, 7) is 0.553. The third kappa shape index (κ3) is 5.34. The maximum absolute atomic E-state index is 13.1. The fraction of sp³-hybridized carbons (Fsp3) is 0.308. The quantitative estimate of drug-likeness (QED) is 0.462. The summed E-state index contributed by atoms with van der Waals surface area (Å²) in [7, 11) is 3.03. The number of halogens is 1. The number of methoxy groups -OCH3 is 1. The molecule has 10 heteroatoms. The van der Waals surface area contributed by atoms with Gasteiger partial charge in [0.1, 0.15) is 11.6 Å². The van der Waals surface area contributed by atoms with E-state index in [1.54, 1.807) is 31.4 Å². The van der Waals surface area contributed by atoms with Crippen LogP contribution in [-0.4, -0.2) is 57.6 Å². The molecule has 3 aromatic rings. The van der Waals surface area contributed by atoms with Gasteiger partial charge >= 0.3 is 0 Å². The summed E-state index contributed by atoms with van der Waals surface area (Å²) in [4.78, 5) is 44.8. The van der Waals surface area contributed by atoms with E-state index in [0.29, 0.717) is 24.1 Å². The van der Waals surface area contributed by atoms with Crippen molar-refractivity contribution in [2.75, 3.05) is 20.2 Å². The molecule has 2 N–H and O–H groups in total. The SMILES string of the molecule is CO[C@@H]1C[C@@H](c2nc(C(=O)NCc3ccc(F)cc3)c(O)c(=O)n2C)N(CC(=O)c2ccccc2)C1. The zero-order valence-corrected chi connectivity index (χ0v) is 20.0. The van der Waals surface area contributed by atoms with Crippen LogP contribution in [0.15, 0.2) is 59.4 Å². The van der Waals surface area contributed by atoms with Crippen LogP contribution in [0.5, 0.6) is 5.75 Å². The summed E-state index contributed by atoms with van der Waals surface area (Å²) in [5.74, 6) is -1.78. The highest BCUT2D eigenvalue weighted by atomic mass is 19.1. The Bertz CT molecular complexity index is 1310. The van der Waals surface area contributed by atoms with E-state index in [-0.39, 0.29) is 30.8 Å². The normalized spacial score (nSPS) is 17.8. The second-order valence-electron chi connectivity index (χ2n) is 8.67. The van der Waals surface area contributed by atoms with Gasteiger partial charge in [-0.25, -0.2) is 9.37 Å². The van der Waals surface area contributed by atoms with Gasteiger partial charge in [0, 0.05) is 32.8 Å². The van der Waals surface area contributed by atoms with Crippen molar-refractivity contribution in [1.82, 2.24) is 19.8 Å². The van der Waals surface area contributed by atoms with Gasteiger partial charge in [-0.1, -0.05) is 42.5 Å². The number of nitrogens with one attached hydrogen (secondary N) is 1. The minimum atomic E-state index is -0.776. The number of ketones is 1. The second-order valence-corrected chi connectivity index (χ2v) is 8.67. The number of hydrogen-bond donors (Lipinski definition) is 2. The van der Waals surface area contributed by atoms with Crippen LogP contribution < -0.4 is 10.9 Å². The lowest BCUT2D eigenvalue weighted by Gasteiger charge is -2.25. The first-order valence-corrected chi connectivity index (χ1v) is 11.5. The Hall–Kier alpha value is -3.89. The number of carbonyl (C=O) groups is 2. The second kappa shape index (κ2) is 10.8. The molecule has 0 saturated carbocycles. The summed E-state index contributed by atoms with van der Waals surface area (Å²) >= 11 is 0. The van der Waals surface area contributed by atoms with Crippen molar-refractivity contribution >= 4 is 11.7 Å². The fourth-order valence-corrected chi connectivity index (χ4v) is 4.31. The molecule has 0 spiro atoms. The van der Waals surface area contributed by atoms with Gasteiger partial charge in [-0.05, 0) is 24.1 Å². The first-order chi connectivity index (χ1) is 17.3. The molecular formula is C26H27FN4O5. The van der Waals surface area contributed by atoms with Gasteiger partial charge in [0.25, 0.3) is 11.5 Å². The average molecular weight is 495 g/mol. The van der Waals surface area contributed by atoms with Crippen molar-refractivity contribution in [3.05, 3.63) is 93.4 Å². The van der Waals surface area contributed by atoms with Gasteiger partial charge in [-0.3, -0.25) is 23.9 Å². The number of likely N-dealkylation sites (tertiary alicyclic amines) is 1. The largest absolute Gasteiger partial charge is 0.501 e. The maximum Gasteiger partial charge on any atom is 0.296 e. The summed E-state index contributed by atoms with van der Waals surface area (Å²) in [6.07, 6.45) is 0.236. The number of rotatable bonds is 8. The topological polar surface area (TPSA) is 114 Å². The van der Waals surface area contributed by atoms with Crippen LogP contribution in [0.25, 0.3) is 0 Å². The summed E-state index contributed by atoms with van der Waals surface area (Å²) < 4.78 is 19.9. The van der Waals surface area contributed by atoms with Gasteiger partial charge in [-0.2, -0.15) is 0 Å². The van der Waals surface area contributed by atoms with Gasteiger partial charge < -0.3 is 15.2 Å². The number of aromatic hydroxyl groups is 1. The highest BCUT2D eigenvalue weighted by Gasteiger charge is 2.38. The van der Waals surface area contributed by atoms with Crippen LogP contribution in [0.2, 0.25) is 0 Å². The molecule has 0 radical (unpaired) electrons. The number of aromatic nitrogens is 2. The van der Waals surface area contributed by atoms with Crippen molar-refractivity contribution < 1.29 is 23.8 Å². The smallest absolute Gasteiger partial charge is 0.296 e. The number of ether oxygens (including phenoxy) is 1. The molecule has 1 amide bonds. The third-order valence-electron chi connectivity index (χ3n) is 6.32. The van der Waals surface area contributed by atoms with Crippen molar-refractivity contribution in [2.24, 2.45) is 7.05 Å². The molecule has 2 atom stereocenters. The number of amides is 1. The lowest BCUT2D eigenvalue weighted by molar-refractivity contribution is 0.0877. The van der Waals surface area contributed by atoms with E-state index in [9.17, 15) is 23.9 Å². The van der Waals surface area contributed by atoms with E-state index in [1.807, 2.05) is 11.0 Å². The summed E-state index contributed by atoms with van der Waals surface area (Å²) in [5.41, 5.74) is 0.00991. The van der Waals surface area contributed by atoms with E-state index in [2.05, 4.69) is 10.3 Å². The Morgan fingerprint density at radius 3 is 2.53 bits per heavy atom. The highest BCUT2D eigenvalue weighted by Crippen LogP contribution is 2.32. The van der Waals surface area contributed by atoms with Crippen LogP contribution >= 0.6 is 0 Å². The molecule has 0 unspecified atom stereocenters. The highest BCUT2D eigenvalue weighted by molar-refractivity contribution is 5.97. The van der Waals surface area contributed by atoms with Crippen LogP contribution in [0.1, 0.15) is 44.7 Å². The van der Waals surface area contributed by atoms with Crippen molar-refractivity contribution in [2.45, 2.75) is 25.1 Å². The van der Waals surface area contributed by atoms with Crippen molar-refractivity contribution in [3.8, 4) is 5.75 Å². The molecule has 1 saturated heterocycles. The molecule has 1 aliphatic rings. The van der Waals surface area contributed by atoms with Gasteiger partial charge in [0.05, 0.1) is 18.7 Å². The minimum absolute atomic E-state index is 0.0532. The van der Waals surface area contributed by atoms with Crippen molar-refractivity contribution in [1.29, 1.82) is 0 Å². The molecule has 0 bridgehead atoms. The average Bonchev–Trinajstić information content (AvgIpc) is 3.30. The third-order valence-corrected chi connectivity index (χ3v) is 6.32. The molecule has 36 heavy (non-hydrogen) atoms. The fourth-order valence-electron chi connectivity index (χ4n) is 4.31. The monoisotopic (exact) mass is 494 g/mol. The Morgan fingerprint density at radius 2 is 1.86 bits per heavy atom. The van der Waals surface area contributed by atoms with Crippen molar-refractivity contribution in [3.63, 3.8) is 0 Å². The molecule has 4 rings (SSSR count). The Morgan fingerprint density at radius 1 is 1.17 bits per heavy atom. The number of hydrogen-bond acceptors (Lipinski definition) is 7. The van der Waals surface area contributed by atoms with E-state index in [1.165, 1.54) is 35.9 Å². The number of nitrogens with zero attached hydrogens (tertiary/aromatic N) is 3. The predicted octanol–water partition coefficient (Wildman–Crippen LogP) is 2.20. The summed E-state index contributed by atoms with van der Waals surface area (Å²) in [5, 5.41) is 13.0. The summed E-state index contributed by atoms with van der Waals surface area (Å²) in [6, 6.07) is 13.9. The van der Waals surface area contributed by atoms with Gasteiger partial charge in [0.2, 0.25) is 5.75 Å². The molecule has 1 aliphatic heterocycles. The number of benzene rings is 2. The van der Waals surface area contributed by atoms with Crippen LogP contribution in [-0.2, 0) is 18.3 Å². The van der Waals surface area contributed by atoms with Crippen LogP contribution in [0.4, 0.5) is 4.39 Å². The zero-order valence-electron chi connectivity index (χ0n) is 20.0.